The Morgan fingerprint density at radius 2 is 2.19 bits per heavy atom. The maximum Gasteiger partial charge on any atom is 0.187 e. The van der Waals surface area contributed by atoms with E-state index in [0.717, 1.165) is 5.56 Å². The summed E-state index contributed by atoms with van der Waals surface area (Å²) in [6.07, 6.45) is -0.451. The Balaban J connectivity index is 2.25. The molecule has 0 aromatic heterocycles. The summed E-state index contributed by atoms with van der Waals surface area (Å²) in [5, 5.41) is 9.06. The van der Waals surface area contributed by atoms with Crippen molar-refractivity contribution in [3.8, 4) is 11.8 Å². The molecule has 0 N–H and O–H groups in total. The Morgan fingerprint density at radius 3 is 2.88 bits per heavy atom. The Morgan fingerprint density at radius 1 is 1.44 bits per heavy atom. The molecule has 0 aliphatic carbocycles. The summed E-state index contributed by atoms with van der Waals surface area (Å²) in [5.41, 5.74) is 0.722. The van der Waals surface area contributed by atoms with E-state index in [9.17, 15) is 0 Å². The van der Waals surface area contributed by atoms with Crippen LogP contribution in [0.3, 0.4) is 0 Å². The molecule has 0 unspecified atom stereocenters. The van der Waals surface area contributed by atoms with Crippen molar-refractivity contribution in [2.45, 2.75) is 6.29 Å². The minimum absolute atomic E-state index is 0.0125. The predicted molar refractivity (Wildman–Crippen MR) is 57.2 cm³/mol. The fraction of sp³-hybridized carbons (Fsp3) is 0.364. The van der Waals surface area contributed by atoms with Crippen molar-refractivity contribution in [3.05, 3.63) is 28.8 Å². The Labute approximate surface area is 98.3 Å². The number of halogens is 1. The number of nitriles is 1. The van der Waals surface area contributed by atoms with Gasteiger partial charge in [0.05, 0.1) is 18.8 Å². The van der Waals surface area contributed by atoms with Gasteiger partial charge in [-0.2, -0.15) is 5.26 Å². The summed E-state index contributed by atoms with van der Waals surface area (Å²) in [4.78, 5) is 0. The number of hydrogen-bond acceptors (Lipinski definition) is 4. The van der Waals surface area contributed by atoms with Crippen LogP contribution in [0.1, 0.15) is 11.9 Å². The average molecular weight is 240 g/mol. The zero-order valence-corrected chi connectivity index (χ0v) is 9.24. The molecule has 1 aliphatic heterocycles. The zero-order valence-electron chi connectivity index (χ0n) is 8.48. The summed E-state index contributed by atoms with van der Waals surface area (Å²) in [5.74, 6) is 0.567. The lowest BCUT2D eigenvalue weighted by atomic mass is 10.2. The van der Waals surface area contributed by atoms with Gasteiger partial charge in [0.25, 0.3) is 0 Å². The molecule has 16 heavy (non-hydrogen) atoms. The maximum atomic E-state index is 8.47. The molecule has 0 bridgehead atoms. The lowest BCUT2D eigenvalue weighted by molar-refractivity contribution is -0.0456. The molecule has 0 atom stereocenters. The highest BCUT2D eigenvalue weighted by molar-refractivity contribution is 6.30. The van der Waals surface area contributed by atoms with E-state index >= 15 is 0 Å². The van der Waals surface area contributed by atoms with Crippen molar-refractivity contribution in [2.75, 3.05) is 19.8 Å². The summed E-state index contributed by atoms with van der Waals surface area (Å²) in [6.45, 7) is 1.09. The van der Waals surface area contributed by atoms with Crippen LogP contribution in [0.25, 0.3) is 0 Å². The second-order valence-electron chi connectivity index (χ2n) is 3.20. The minimum atomic E-state index is -0.451. The SMILES string of the molecule is N#CCOc1ccc(Cl)cc1C1OCCO1. The number of hydrogen-bond donors (Lipinski definition) is 0. The summed E-state index contributed by atoms with van der Waals surface area (Å²) in [7, 11) is 0. The Kier molecular flexibility index (Phi) is 3.62. The lowest BCUT2D eigenvalue weighted by Crippen LogP contribution is -2.03. The van der Waals surface area contributed by atoms with Crippen molar-refractivity contribution >= 4 is 11.6 Å². The van der Waals surface area contributed by atoms with Gasteiger partial charge in [-0.25, -0.2) is 0 Å². The van der Waals surface area contributed by atoms with Crippen molar-refractivity contribution in [2.24, 2.45) is 0 Å². The molecule has 5 heteroatoms. The Bertz CT molecular complexity index is 410. The van der Waals surface area contributed by atoms with Crippen LogP contribution in [0.5, 0.6) is 5.75 Å². The molecule has 0 amide bonds. The topological polar surface area (TPSA) is 51.5 Å². The van der Waals surface area contributed by atoms with Crippen LogP contribution in [0.15, 0.2) is 18.2 Å². The van der Waals surface area contributed by atoms with Crippen LogP contribution in [-0.4, -0.2) is 19.8 Å². The van der Waals surface area contributed by atoms with Gasteiger partial charge in [-0.05, 0) is 18.2 Å². The van der Waals surface area contributed by atoms with Crippen molar-refractivity contribution in [3.63, 3.8) is 0 Å². The van der Waals surface area contributed by atoms with Gasteiger partial charge in [0.1, 0.15) is 11.8 Å². The molecule has 0 saturated carbocycles. The van der Waals surface area contributed by atoms with Crippen LogP contribution in [-0.2, 0) is 9.47 Å². The molecule has 1 aromatic rings. The molecular formula is C11H10ClNO3. The number of nitrogens with zero attached hydrogens (tertiary/aromatic N) is 1. The molecule has 1 heterocycles. The maximum absolute atomic E-state index is 8.47. The van der Waals surface area contributed by atoms with E-state index in [1.807, 2.05) is 6.07 Å². The fourth-order valence-corrected chi connectivity index (χ4v) is 1.66. The first kappa shape index (κ1) is 11.2. The monoisotopic (exact) mass is 239 g/mol. The van der Waals surface area contributed by atoms with Crippen LogP contribution in [0, 0.1) is 11.3 Å². The fourth-order valence-electron chi connectivity index (χ4n) is 1.48. The van der Waals surface area contributed by atoms with Crippen molar-refractivity contribution < 1.29 is 14.2 Å². The number of ether oxygens (including phenoxy) is 3. The third kappa shape index (κ3) is 2.45. The van der Waals surface area contributed by atoms with E-state index in [4.69, 9.17) is 31.1 Å². The Hall–Kier alpha value is -1.28. The molecule has 0 spiro atoms. The second kappa shape index (κ2) is 5.17. The predicted octanol–water partition coefficient (Wildman–Crippen LogP) is 2.29. The quantitative estimate of drug-likeness (QED) is 0.812. The van der Waals surface area contributed by atoms with E-state index < -0.39 is 6.29 Å². The highest BCUT2D eigenvalue weighted by Gasteiger charge is 2.22. The van der Waals surface area contributed by atoms with Gasteiger partial charge in [-0.1, -0.05) is 11.6 Å². The first-order valence-corrected chi connectivity index (χ1v) is 5.21. The third-order valence-corrected chi connectivity index (χ3v) is 2.37. The summed E-state index contributed by atoms with van der Waals surface area (Å²) >= 11 is 5.90. The van der Waals surface area contributed by atoms with Gasteiger partial charge in [-0.15, -0.1) is 0 Å². The average Bonchev–Trinajstić information content (AvgIpc) is 2.80. The molecular weight excluding hydrogens is 230 g/mol. The summed E-state index contributed by atoms with van der Waals surface area (Å²) < 4.78 is 16.0. The number of rotatable bonds is 3. The smallest absolute Gasteiger partial charge is 0.187 e. The van der Waals surface area contributed by atoms with Crippen molar-refractivity contribution in [1.82, 2.24) is 0 Å². The minimum Gasteiger partial charge on any atom is -0.478 e. The van der Waals surface area contributed by atoms with E-state index in [-0.39, 0.29) is 6.61 Å². The van der Waals surface area contributed by atoms with E-state index in [2.05, 4.69) is 0 Å². The molecule has 1 aromatic carbocycles. The largest absolute Gasteiger partial charge is 0.478 e. The first-order chi connectivity index (χ1) is 7.81. The molecule has 4 nitrogen and oxygen atoms in total. The van der Waals surface area contributed by atoms with E-state index in [1.54, 1.807) is 18.2 Å². The van der Waals surface area contributed by atoms with Gasteiger partial charge in [-0.3, -0.25) is 0 Å². The summed E-state index contributed by atoms with van der Waals surface area (Å²) in [6, 6.07) is 7.05. The molecule has 0 radical (unpaired) electrons. The van der Waals surface area contributed by atoms with E-state index in [1.165, 1.54) is 0 Å². The van der Waals surface area contributed by atoms with Gasteiger partial charge >= 0.3 is 0 Å². The molecule has 2 rings (SSSR count). The molecule has 1 fully saturated rings. The van der Waals surface area contributed by atoms with Crippen LogP contribution in [0.4, 0.5) is 0 Å². The first-order valence-electron chi connectivity index (χ1n) is 4.83. The van der Waals surface area contributed by atoms with E-state index in [0.29, 0.717) is 24.0 Å². The molecule has 1 aliphatic rings. The van der Waals surface area contributed by atoms with Gasteiger partial charge in [0.15, 0.2) is 12.9 Å². The van der Waals surface area contributed by atoms with Crippen LogP contribution < -0.4 is 4.74 Å². The highest BCUT2D eigenvalue weighted by Crippen LogP contribution is 2.33. The molecule has 84 valence electrons. The van der Waals surface area contributed by atoms with Crippen LogP contribution in [0.2, 0.25) is 5.02 Å². The second-order valence-corrected chi connectivity index (χ2v) is 3.64. The van der Waals surface area contributed by atoms with Gasteiger partial charge in [0.2, 0.25) is 0 Å². The molecule has 1 saturated heterocycles. The third-order valence-electron chi connectivity index (χ3n) is 2.14. The highest BCUT2D eigenvalue weighted by atomic mass is 35.5. The van der Waals surface area contributed by atoms with Gasteiger partial charge < -0.3 is 14.2 Å². The normalized spacial score (nSPS) is 16.0. The zero-order chi connectivity index (χ0) is 11.4. The number of benzene rings is 1. The van der Waals surface area contributed by atoms with Crippen LogP contribution >= 0.6 is 11.6 Å². The van der Waals surface area contributed by atoms with Gasteiger partial charge in [0, 0.05) is 5.02 Å². The standard InChI is InChI=1S/C11H10ClNO3/c12-8-1-2-10(14-4-3-13)9(7-8)11-15-5-6-16-11/h1-2,7,11H,4-6H2. The van der Waals surface area contributed by atoms with Crippen molar-refractivity contribution in [1.29, 1.82) is 5.26 Å². The lowest BCUT2D eigenvalue weighted by Gasteiger charge is -2.14.